The Morgan fingerprint density at radius 2 is 1.06 bits per heavy atom. The van der Waals surface area contributed by atoms with Crippen LogP contribution in [0.3, 0.4) is 0 Å². The van der Waals surface area contributed by atoms with E-state index in [0.29, 0.717) is 0 Å². The maximum absolute atomic E-state index is 11.0. The van der Waals surface area contributed by atoms with Gasteiger partial charge in [-0.25, -0.2) is 0 Å². The summed E-state index contributed by atoms with van der Waals surface area (Å²) in [6.45, 7) is -0.0218. The van der Waals surface area contributed by atoms with Gasteiger partial charge in [-0.1, -0.05) is 0 Å². The number of halogens is 2. The predicted octanol–water partition coefficient (Wildman–Crippen LogP) is -0.470. The van der Waals surface area contributed by atoms with Crippen molar-refractivity contribution < 1.29 is 19.2 Å². The third-order valence-electron chi connectivity index (χ3n) is 1.42. The fraction of sp³-hybridized carbons (Fsp3) is 0.500. The molecule has 0 bridgehead atoms. The van der Waals surface area contributed by atoms with E-state index in [9.17, 15) is 19.2 Å². The summed E-state index contributed by atoms with van der Waals surface area (Å²) in [6, 6.07) is 0. The topological polar surface area (TPSA) is 92.3 Å². The number of carbonyl (C=O) groups is 4. The van der Waals surface area contributed by atoms with Crippen LogP contribution in [0, 0.1) is 0 Å². The van der Waals surface area contributed by atoms with Crippen molar-refractivity contribution >= 4 is 45.5 Å². The Morgan fingerprint density at radius 1 is 0.750 bits per heavy atom. The molecule has 0 radical (unpaired) electrons. The highest BCUT2D eigenvalue weighted by Gasteiger charge is 2.12. The van der Waals surface area contributed by atoms with Crippen LogP contribution >= 0.6 is 23.2 Å². The number of nitrogens with one attached hydrogen (secondary N) is 2. The van der Waals surface area contributed by atoms with Gasteiger partial charge in [0.05, 0.1) is 0 Å². The minimum absolute atomic E-state index is 0.0109. The van der Waals surface area contributed by atoms with Crippen molar-refractivity contribution in [2.45, 2.75) is 12.8 Å². The first-order valence-corrected chi connectivity index (χ1v) is 5.11. The summed E-state index contributed by atoms with van der Waals surface area (Å²) in [5.41, 5.74) is 0. The average Bonchev–Trinajstić information content (AvgIpc) is 2.16. The Bertz CT molecular complexity index is 276. The van der Waals surface area contributed by atoms with Crippen LogP contribution in [0.4, 0.5) is 0 Å². The minimum Gasteiger partial charge on any atom is -0.347 e. The molecule has 0 fully saturated rings. The van der Waals surface area contributed by atoms with Gasteiger partial charge in [0.25, 0.3) is 0 Å². The zero-order chi connectivity index (χ0) is 12.6. The molecule has 2 amide bonds. The lowest BCUT2D eigenvalue weighted by atomic mass is 10.4. The molecule has 16 heavy (non-hydrogen) atoms. The molecule has 0 spiro atoms. The maximum atomic E-state index is 11.0. The molecule has 0 unspecified atom stereocenters. The third-order valence-corrected chi connectivity index (χ3v) is 1.80. The molecule has 0 saturated carbocycles. The van der Waals surface area contributed by atoms with Crippen LogP contribution in [0.1, 0.15) is 12.8 Å². The Labute approximate surface area is 102 Å². The van der Waals surface area contributed by atoms with Gasteiger partial charge in [-0.3, -0.25) is 19.2 Å². The third kappa shape index (κ3) is 8.19. The molecule has 0 aromatic heterocycles. The lowest BCUT2D eigenvalue weighted by Crippen LogP contribution is -2.41. The highest BCUT2D eigenvalue weighted by Crippen LogP contribution is 1.87. The van der Waals surface area contributed by atoms with Gasteiger partial charge in [0, 0.05) is 25.9 Å². The first kappa shape index (κ1) is 14.9. The number of rotatable bonds is 6. The fourth-order valence-electron chi connectivity index (χ4n) is 0.709. The van der Waals surface area contributed by atoms with Crippen molar-refractivity contribution in [1.29, 1.82) is 0 Å². The zero-order valence-corrected chi connectivity index (χ0v) is 9.73. The van der Waals surface area contributed by atoms with E-state index in [1.54, 1.807) is 0 Å². The van der Waals surface area contributed by atoms with Crippen LogP contribution in [0.2, 0.25) is 0 Å². The maximum Gasteiger partial charge on any atom is 0.309 e. The van der Waals surface area contributed by atoms with Crippen LogP contribution in [0.15, 0.2) is 0 Å². The van der Waals surface area contributed by atoms with Crippen molar-refractivity contribution in [2.75, 3.05) is 13.1 Å². The smallest absolute Gasteiger partial charge is 0.309 e. The van der Waals surface area contributed by atoms with Crippen molar-refractivity contribution in [3.8, 4) is 0 Å². The second kappa shape index (κ2) is 8.06. The van der Waals surface area contributed by atoms with E-state index in [2.05, 4.69) is 10.6 Å². The summed E-state index contributed by atoms with van der Waals surface area (Å²) in [4.78, 5) is 42.6. The van der Waals surface area contributed by atoms with Crippen LogP contribution in [-0.2, 0) is 19.2 Å². The summed E-state index contributed by atoms with van der Waals surface area (Å²) in [6.07, 6.45) is -0.110. The van der Waals surface area contributed by atoms with Gasteiger partial charge < -0.3 is 10.6 Å². The zero-order valence-electron chi connectivity index (χ0n) is 8.22. The van der Waals surface area contributed by atoms with E-state index in [4.69, 9.17) is 23.2 Å². The number of hydrogen-bond donors (Lipinski definition) is 2. The fourth-order valence-corrected chi connectivity index (χ4v) is 0.898. The monoisotopic (exact) mass is 268 g/mol. The lowest BCUT2D eigenvalue weighted by molar-refractivity contribution is -0.139. The largest absolute Gasteiger partial charge is 0.347 e. The first-order valence-electron chi connectivity index (χ1n) is 4.36. The minimum atomic E-state index is -0.889. The SMILES string of the molecule is O=C(Cl)CCNC(=O)C(=O)NCCC(=O)Cl. The molecule has 0 rings (SSSR count). The second-order valence-electron chi connectivity index (χ2n) is 2.72. The quantitative estimate of drug-likeness (QED) is 0.503. The Morgan fingerprint density at radius 3 is 1.31 bits per heavy atom. The molecule has 8 heteroatoms. The van der Waals surface area contributed by atoms with Gasteiger partial charge >= 0.3 is 11.8 Å². The van der Waals surface area contributed by atoms with Crippen molar-refractivity contribution in [3.05, 3.63) is 0 Å². The Hall–Kier alpha value is -1.14. The molecule has 0 saturated heterocycles. The van der Waals surface area contributed by atoms with Crippen molar-refractivity contribution in [3.63, 3.8) is 0 Å². The van der Waals surface area contributed by atoms with Crippen LogP contribution in [0.25, 0.3) is 0 Å². The number of hydrogen-bond acceptors (Lipinski definition) is 4. The molecule has 0 atom stereocenters. The van der Waals surface area contributed by atoms with Crippen LogP contribution in [0.5, 0.6) is 0 Å². The summed E-state index contributed by atoms with van der Waals surface area (Å²) in [7, 11) is 0. The lowest BCUT2D eigenvalue weighted by Gasteiger charge is -2.03. The number of amides is 2. The van der Waals surface area contributed by atoms with Crippen LogP contribution < -0.4 is 10.6 Å². The summed E-state index contributed by atoms with van der Waals surface area (Å²) in [5, 5.41) is 3.15. The standard InChI is InChI=1S/C8H10Cl2N2O4/c9-5(13)1-3-11-7(15)8(16)12-4-2-6(10)14/h1-4H2,(H,11,15)(H,12,16). The van der Waals surface area contributed by atoms with Crippen molar-refractivity contribution in [1.82, 2.24) is 10.6 Å². The van der Waals surface area contributed by atoms with Gasteiger partial charge in [0.2, 0.25) is 10.5 Å². The summed E-state index contributed by atoms with van der Waals surface area (Å²) in [5.74, 6) is -1.78. The first-order chi connectivity index (χ1) is 7.43. The van der Waals surface area contributed by atoms with E-state index in [1.807, 2.05) is 0 Å². The van der Waals surface area contributed by atoms with E-state index in [-0.39, 0.29) is 25.9 Å². The molecule has 6 nitrogen and oxygen atoms in total. The predicted molar refractivity (Wildman–Crippen MR) is 57.0 cm³/mol. The van der Waals surface area contributed by atoms with E-state index >= 15 is 0 Å². The number of carbonyl (C=O) groups excluding carboxylic acids is 4. The average molecular weight is 269 g/mol. The molecule has 0 aromatic carbocycles. The van der Waals surface area contributed by atoms with Gasteiger partial charge in [0.1, 0.15) is 0 Å². The van der Waals surface area contributed by atoms with Gasteiger partial charge in [-0.15, -0.1) is 0 Å². The van der Waals surface area contributed by atoms with E-state index in [1.165, 1.54) is 0 Å². The van der Waals surface area contributed by atoms with E-state index < -0.39 is 22.3 Å². The van der Waals surface area contributed by atoms with Crippen molar-refractivity contribution in [2.24, 2.45) is 0 Å². The summed E-state index contributed by atoms with van der Waals surface area (Å²) >= 11 is 10.0. The highest BCUT2D eigenvalue weighted by atomic mass is 35.5. The van der Waals surface area contributed by atoms with Gasteiger partial charge in [0.15, 0.2) is 0 Å². The molecule has 0 aromatic rings. The van der Waals surface area contributed by atoms with Gasteiger partial charge in [-0.2, -0.15) is 0 Å². The van der Waals surface area contributed by atoms with E-state index in [0.717, 1.165) is 0 Å². The highest BCUT2D eigenvalue weighted by molar-refractivity contribution is 6.63. The molecular weight excluding hydrogens is 259 g/mol. The molecule has 0 heterocycles. The molecule has 0 aliphatic carbocycles. The normalized spacial score (nSPS) is 9.38. The molecule has 0 aliphatic heterocycles. The van der Waals surface area contributed by atoms with Gasteiger partial charge in [-0.05, 0) is 23.2 Å². The molecule has 90 valence electrons. The second-order valence-corrected chi connectivity index (χ2v) is 3.57. The summed E-state index contributed by atoms with van der Waals surface area (Å²) < 4.78 is 0. The molecular formula is C8H10Cl2N2O4. The Balaban J connectivity index is 3.69. The molecule has 2 N–H and O–H groups in total. The Kier molecular flexibility index (Phi) is 7.49. The molecule has 0 aliphatic rings. The van der Waals surface area contributed by atoms with Crippen LogP contribution in [-0.4, -0.2) is 35.4 Å².